The van der Waals surface area contributed by atoms with Crippen LogP contribution in [0.1, 0.15) is 6.42 Å². The molecule has 1 aliphatic rings. The average Bonchev–Trinajstić information content (AvgIpc) is 1.55. The normalized spacial score (nSPS) is 24.1. The van der Waals surface area contributed by atoms with Gasteiger partial charge in [0.2, 0.25) is 0 Å². The van der Waals surface area contributed by atoms with E-state index in [-0.39, 0.29) is 0 Å². The smallest absolute Gasteiger partial charge is 0.305 e. The number of hydrogen-bond donors (Lipinski definition) is 0. The lowest BCUT2D eigenvalue weighted by molar-refractivity contribution is -0.148. The number of rotatable bonds is 2. The quantitative estimate of drug-likeness (QED) is 0.491. The molecule has 0 aromatic heterocycles. The molecular weight excluding hydrogens is 114 g/mol. The van der Waals surface area contributed by atoms with Crippen LogP contribution in [0.15, 0.2) is 0 Å². The van der Waals surface area contributed by atoms with Gasteiger partial charge in [0.15, 0.2) is 0 Å². The van der Waals surface area contributed by atoms with Gasteiger partial charge in [-0.25, -0.2) is 0 Å². The summed E-state index contributed by atoms with van der Waals surface area (Å²) in [6.07, 6.45) is -0.0559. The first-order valence-electron chi connectivity index (χ1n) is 2.21. The zero-order chi connectivity index (χ0) is 5.98. The molecule has 0 aliphatic heterocycles. The summed E-state index contributed by atoms with van der Waals surface area (Å²) in [5.41, 5.74) is 0. The van der Waals surface area contributed by atoms with E-state index < -0.39 is 12.7 Å². The molecule has 0 heterocycles. The van der Waals surface area contributed by atoms with Crippen molar-refractivity contribution in [1.82, 2.24) is 0 Å². The summed E-state index contributed by atoms with van der Waals surface area (Å²) in [6.45, 7) is -2.67. The summed E-state index contributed by atoms with van der Waals surface area (Å²) < 4.78 is 26.4. The molecule has 0 aromatic rings. The van der Waals surface area contributed by atoms with Gasteiger partial charge in [-0.3, -0.25) is 0 Å². The van der Waals surface area contributed by atoms with Gasteiger partial charge in [0.05, 0.1) is 0 Å². The van der Waals surface area contributed by atoms with E-state index in [9.17, 15) is 8.78 Å². The Hall–Kier alpha value is -0.620. The molecule has 0 saturated heterocycles. The van der Waals surface area contributed by atoms with Gasteiger partial charge >= 0.3 is 6.61 Å². The molecule has 1 atom stereocenters. The van der Waals surface area contributed by atoms with Gasteiger partial charge in [0.25, 0.3) is 0 Å². The third-order valence-electron chi connectivity index (χ3n) is 0.818. The number of ether oxygens (including phenoxy) is 1. The van der Waals surface area contributed by atoms with Gasteiger partial charge in [0.1, 0.15) is 6.10 Å². The van der Waals surface area contributed by atoms with E-state index in [4.69, 9.17) is 0 Å². The fraction of sp³-hybridized carbons (Fsp3) is 0.600. The monoisotopic (exact) mass is 118 g/mol. The maximum atomic E-state index is 11.2. The topological polar surface area (TPSA) is 9.23 Å². The van der Waals surface area contributed by atoms with Crippen molar-refractivity contribution in [2.45, 2.75) is 19.1 Å². The Morgan fingerprint density at radius 2 is 2.25 bits per heavy atom. The molecular formula is C5H4F2O. The molecule has 0 N–H and O–H groups in total. The van der Waals surface area contributed by atoms with Crippen molar-refractivity contribution in [3.63, 3.8) is 0 Å². The van der Waals surface area contributed by atoms with Crippen LogP contribution >= 0.6 is 0 Å². The molecule has 44 valence electrons. The second kappa shape index (κ2) is 2.10. The summed E-state index contributed by atoms with van der Waals surface area (Å²) in [5.74, 6) is 4.98. The largest absolute Gasteiger partial charge is 0.346 e. The Kier molecular flexibility index (Phi) is 1.45. The van der Waals surface area contributed by atoms with Crippen molar-refractivity contribution < 1.29 is 13.5 Å². The first kappa shape index (κ1) is 5.52. The Labute approximate surface area is 45.6 Å². The summed E-state index contributed by atoms with van der Waals surface area (Å²) >= 11 is 0. The maximum Gasteiger partial charge on any atom is 0.346 e. The fourth-order valence-electron chi connectivity index (χ4n) is 0.392. The van der Waals surface area contributed by atoms with Gasteiger partial charge in [-0.05, 0) is 0 Å². The number of alkyl halides is 2. The Balaban J connectivity index is 2.15. The molecule has 1 nitrogen and oxygen atoms in total. The van der Waals surface area contributed by atoms with Gasteiger partial charge in [0, 0.05) is 6.42 Å². The zero-order valence-corrected chi connectivity index (χ0v) is 4.03. The van der Waals surface area contributed by atoms with Crippen LogP contribution in [0.25, 0.3) is 0 Å². The highest BCUT2D eigenvalue weighted by Gasteiger charge is 2.14. The van der Waals surface area contributed by atoms with Crippen LogP contribution in [0.2, 0.25) is 0 Å². The van der Waals surface area contributed by atoms with Crippen LogP contribution in [0.4, 0.5) is 8.78 Å². The van der Waals surface area contributed by atoms with Crippen molar-refractivity contribution in [3.05, 3.63) is 0 Å². The van der Waals surface area contributed by atoms with E-state index in [1.165, 1.54) is 0 Å². The molecule has 0 saturated carbocycles. The molecule has 0 bridgehead atoms. The molecule has 3 heteroatoms. The molecule has 0 aromatic carbocycles. The van der Waals surface area contributed by atoms with Crippen LogP contribution in [-0.4, -0.2) is 12.7 Å². The van der Waals surface area contributed by atoms with Gasteiger partial charge in [-0.1, -0.05) is 11.8 Å². The number of halogens is 2. The minimum Gasteiger partial charge on any atom is -0.305 e. The van der Waals surface area contributed by atoms with E-state index in [1.54, 1.807) is 0 Å². The van der Waals surface area contributed by atoms with Crippen LogP contribution in [0.5, 0.6) is 0 Å². The molecule has 1 rings (SSSR count). The zero-order valence-electron chi connectivity index (χ0n) is 4.03. The summed E-state index contributed by atoms with van der Waals surface area (Å²) in [6, 6.07) is 0. The highest BCUT2D eigenvalue weighted by atomic mass is 19.3. The standard InChI is InChI=1S/C5H4F2O/c6-5(7)8-4-2-1-3-4/h4-5H,2H2. The fourth-order valence-corrected chi connectivity index (χ4v) is 0.392. The van der Waals surface area contributed by atoms with Gasteiger partial charge in [-0.2, -0.15) is 8.78 Å². The highest BCUT2D eigenvalue weighted by Crippen LogP contribution is 2.08. The molecule has 0 fully saturated rings. The van der Waals surface area contributed by atoms with E-state index >= 15 is 0 Å². The molecule has 0 amide bonds. The highest BCUT2D eigenvalue weighted by molar-refractivity contribution is 5.18. The third kappa shape index (κ3) is 1.17. The van der Waals surface area contributed by atoms with Crippen molar-refractivity contribution in [2.24, 2.45) is 0 Å². The van der Waals surface area contributed by atoms with Gasteiger partial charge < -0.3 is 4.74 Å². The van der Waals surface area contributed by atoms with Crippen LogP contribution < -0.4 is 0 Å². The van der Waals surface area contributed by atoms with E-state index in [1.807, 2.05) is 0 Å². The lowest BCUT2D eigenvalue weighted by Gasteiger charge is -2.11. The minimum atomic E-state index is -2.67. The van der Waals surface area contributed by atoms with Crippen LogP contribution in [0.3, 0.4) is 0 Å². The Morgan fingerprint density at radius 1 is 1.62 bits per heavy atom. The Morgan fingerprint density at radius 3 is 2.38 bits per heavy atom. The van der Waals surface area contributed by atoms with E-state index in [2.05, 4.69) is 16.6 Å². The van der Waals surface area contributed by atoms with E-state index in [0.717, 1.165) is 0 Å². The lowest BCUT2D eigenvalue weighted by atomic mass is 10.1. The van der Waals surface area contributed by atoms with Crippen molar-refractivity contribution >= 4 is 0 Å². The Bertz CT molecular complexity index is 133. The second-order valence-electron chi connectivity index (χ2n) is 1.41. The molecule has 1 aliphatic carbocycles. The third-order valence-corrected chi connectivity index (χ3v) is 0.818. The molecule has 8 heavy (non-hydrogen) atoms. The SMILES string of the molecule is FC(F)OC1C#CC1. The summed E-state index contributed by atoms with van der Waals surface area (Å²) in [4.78, 5) is 0. The predicted molar refractivity (Wildman–Crippen MR) is 23.3 cm³/mol. The molecule has 0 radical (unpaired) electrons. The first-order chi connectivity index (χ1) is 3.79. The minimum absolute atomic E-state index is 0.449. The second-order valence-corrected chi connectivity index (χ2v) is 1.41. The first-order valence-corrected chi connectivity index (χ1v) is 2.21. The summed E-state index contributed by atoms with van der Waals surface area (Å²) in [7, 11) is 0. The van der Waals surface area contributed by atoms with Crippen molar-refractivity contribution in [2.75, 3.05) is 0 Å². The van der Waals surface area contributed by atoms with Gasteiger partial charge in [-0.15, -0.1) is 0 Å². The summed E-state index contributed by atoms with van der Waals surface area (Å²) in [5, 5.41) is 0. The number of hydrogen-bond acceptors (Lipinski definition) is 1. The molecule has 0 spiro atoms. The average molecular weight is 118 g/mol. The lowest BCUT2D eigenvalue weighted by Crippen LogP contribution is -2.18. The maximum absolute atomic E-state index is 11.2. The van der Waals surface area contributed by atoms with Crippen molar-refractivity contribution in [3.8, 4) is 11.8 Å². The van der Waals surface area contributed by atoms with Crippen LogP contribution in [0, 0.1) is 11.8 Å². The molecule has 1 unspecified atom stereocenters. The van der Waals surface area contributed by atoms with Crippen LogP contribution in [-0.2, 0) is 4.74 Å². The van der Waals surface area contributed by atoms with E-state index in [0.29, 0.717) is 6.42 Å². The predicted octanol–water partition coefficient (Wildman–Crippen LogP) is 1.00. The van der Waals surface area contributed by atoms with Crippen molar-refractivity contribution in [1.29, 1.82) is 0 Å².